The monoisotopic (exact) mass is 168 g/mol. The van der Waals surface area contributed by atoms with Gasteiger partial charge < -0.3 is 15.0 Å². The zero-order chi connectivity index (χ0) is 8.97. The fourth-order valence-electron chi connectivity index (χ4n) is 1.21. The van der Waals surface area contributed by atoms with Crippen molar-refractivity contribution in [3.8, 4) is 0 Å². The molecule has 1 aromatic heterocycles. The molecule has 0 aliphatic rings. The Hall–Kier alpha value is -0.800. The maximum Gasteiger partial charge on any atom is 0.121 e. The summed E-state index contributed by atoms with van der Waals surface area (Å²) in [5, 5.41) is 0. The molecular formula is C9H16N2O. The fourth-order valence-corrected chi connectivity index (χ4v) is 1.21. The Morgan fingerprint density at radius 3 is 3.00 bits per heavy atom. The van der Waals surface area contributed by atoms with E-state index in [1.54, 1.807) is 7.11 Å². The Morgan fingerprint density at radius 2 is 2.42 bits per heavy atom. The van der Waals surface area contributed by atoms with Crippen LogP contribution in [0.5, 0.6) is 0 Å². The highest BCUT2D eigenvalue weighted by Gasteiger charge is 1.99. The van der Waals surface area contributed by atoms with Crippen LogP contribution in [0.15, 0.2) is 18.5 Å². The normalized spacial score (nSPS) is 13.2. The highest BCUT2D eigenvalue weighted by molar-refractivity contribution is 5.11. The van der Waals surface area contributed by atoms with Gasteiger partial charge in [0.1, 0.15) is 6.73 Å². The van der Waals surface area contributed by atoms with Crippen LogP contribution in [-0.4, -0.2) is 17.7 Å². The van der Waals surface area contributed by atoms with Crippen LogP contribution in [-0.2, 0) is 17.9 Å². The van der Waals surface area contributed by atoms with E-state index in [1.807, 2.05) is 17.7 Å². The maximum atomic E-state index is 5.67. The Balaban J connectivity index is 2.52. The number of nitrogens with two attached hydrogens (primary N) is 1. The molecule has 3 heteroatoms. The highest BCUT2D eigenvalue weighted by Crippen LogP contribution is 2.03. The van der Waals surface area contributed by atoms with E-state index in [1.165, 1.54) is 5.56 Å². The summed E-state index contributed by atoms with van der Waals surface area (Å²) in [6.07, 6.45) is 4.99. The van der Waals surface area contributed by atoms with E-state index >= 15 is 0 Å². The van der Waals surface area contributed by atoms with Gasteiger partial charge in [0.05, 0.1) is 0 Å². The molecule has 0 aromatic carbocycles. The molecule has 68 valence electrons. The van der Waals surface area contributed by atoms with Gasteiger partial charge in [-0.2, -0.15) is 0 Å². The molecule has 0 amide bonds. The molecule has 1 heterocycles. The molecule has 12 heavy (non-hydrogen) atoms. The van der Waals surface area contributed by atoms with Crippen molar-refractivity contribution in [3.63, 3.8) is 0 Å². The second-order valence-corrected chi connectivity index (χ2v) is 3.13. The predicted molar refractivity (Wildman–Crippen MR) is 48.8 cm³/mol. The molecule has 1 rings (SSSR count). The number of hydrogen-bond donors (Lipinski definition) is 1. The van der Waals surface area contributed by atoms with Crippen LogP contribution in [0.1, 0.15) is 12.5 Å². The number of aromatic nitrogens is 1. The number of rotatable bonds is 4. The molecule has 0 saturated carbocycles. The second kappa shape index (κ2) is 4.28. The van der Waals surface area contributed by atoms with Crippen LogP contribution in [0.3, 0.4) is 0 Å². The van der Waals surface area contributed by atoms with E-state index in [9.17, 15) is 0 Å². The minimum Gasteiger partial charge on any atom is -0.364 e. The van der Waals surface area contributed by atoms with Gasteiger partial charge in [-0.25, -0.2) is 0 Å². The van der Waals surface area contributed by atoms with Crippen molar-refractivity contribution in [1.29, 1.82) is 0 Å². The lowest BCUT2D eigenvalue weighted by molar-refractivity contribution is 0.131. The molecule has 3 nitrogen and oxygen atoms in total. The van der Waals surface area contributed by atoms with Crippen molar-refractivity contribution < 1.29 is 4.74 Å². The summed E-state index contributed by atoms with van der Waals surface area (Å²) < 4.78 is 6.98. The summed E-state index contributed by atoms with van der Waals surface area (Å²) >= 11 is 0. The van der Waals surface area contributed by atoms with E-state index in [2.05, 4.69) is 12.3 Å². The number of methoxy groups -OCH3 is 1. The zero-order valence-corrected chi connectivity index (χ0v) is 7.66. The van der Waals surface area contributed by atoms with Gasteiger partial charge in [0, 0.05) is 25.5 Å². The lowest BCUT2D eigenvalue weighted by atomic mass is 10.1. The summed E-state index contributed by atoms with van der Waals surface area (Å²) in [4.78, 5) is 0. The number of ether oxygens (including phenoxy) is 1. The summed E-state index contributed by atoms with van der Waals surface area (Å²) in [5.74, 6) is 0. The minimum atomic E-state index is 0.225. The van der Waals surface area contributed by atoms with E-state index in [0.717, 1.165) is 6.42 Å². The molecule has 0 bridgehead atoms. The van der Waals surface area contributed by atoms with Crippen molar-refractivity contribution in [3.05, 3.63) is 24.0 Å². The minimum absolute atomic E-state index is 0.225. The van der Waals surface area contributed by atoms with Crippen LogP contribution >= 0.6 is 0 Å². The maximum absolute atomic E-state index is 5.67. The Bertz CT molecular complexity index is 230. The lowest BCUT2D eigenvalue weighted by Gasteiger charge is -2.01. The molecule has 0 aliphatic carbocycles. The van der Waals surface area contributed by atoms with E-state index in [-0.39, 0.29) is 6.04 Å². The zero-order valence-electron chi connectivity index (χ0n) is 7.66. The molecule has 0 aliphatic heterocycles. The molecule has 0 saturated heterocycles. The van der Waals surface area contributed by atoms with Gasteiger partial charge in [-0.05, 0) is 25.0 Å². The summed E-state index contributed by atoms with van der Waals surface area (Å²) in [6, 6.07) is 2.30. The van der Waals surface area contributed by atoms with Gasteiger partial charge in [0.25, 0.3) is 0 Å². The van der Waals surface area contributed by atoms with Crippen molar-refractivity contribution in [1.82, 2.24) is 4.57 Å². The average molecular weight is 168 g/mol. The second-order valence-electron chi connectivity index (χ2n) is 3.13. The third-order valence-corrected chi connectivity index (χ3v) is 1.65. The Labute approximate surface area is 73.1 Å². The average Bonchev–Trinajstić information content (AvgIpc) is 2.36. The van der Waals surface area contributed by atoms with Crippen LogP contribution < -0.4 is 5.73 Å². The standard InChI is InChI=1S/C9H16N2O/c1-8(10)5-9-3-4-11(6-9)7-12-2/h3-4,6,8H,5,7,10H2,1-2H3. The quantitative estimate of drug-likeness (QED) is 0.728. The first-order valence-corrected chi connectivity index (χ1v) is 4.11. The molecule has 0 radical (unpaired) electrons. The van der Waals surface area contributed by atoms with Gasteiger partial charge in [-0.3, -0.25) is 0 Å². The predicted octanol–water partition coefficient (Wildman–Crippen LogP) is 0.982. The van der Waals surface area contributed by atoms with Gasteiger partial charge in [0.2, 0.25) is 0 Å². The topological polar surface area (TPSA) is 40.2 Å². The van der Waals surface area contributed by atoms with Crippen molar-refractivity contribution in [2.45, 2.75) is 26.1 Å². The smallest absolute Gasteiger partial charge is 0.121 e. The SMILES string of the molecule is COCn1ccc(CC(C)N)c1. The summed E-state index contributed by atoms with van der Waals surface area (Å²) in [5.41, 5.74) is 6.93. The van der Waals surface area contributed by atoms with Crippen LogP contribution in [0.25, 0.3) is 0 Å². The van der Waals surface area contributed by atoms with Crippen LogP contribution in [0.2, 0.25) is 0 Å². The summed E-state index contributed by atoms with van der Waals surface area (Å²) in [6.45, 7) is 2.62. The first-order chi connectivity index (χ1) is 5.72. The fraction of sp³-hybridized carbons (Fsp3) is 0.556. The van der Waals surface area contributed by atoms with Gasteiger partial charge in [0.15, 0.2) is 0 Å². The Kier molecular flexibility index (Phi) is 3.31. The Morgan fingerprint density at radius 1 is 1.67 bits per heavy atom. The van der Waals surface area contributed by atoms with Gasteiger partial charge >= 0.3 is 0 Å². The lowest BCUT2D eigenvalue weighted by Crippen LogP contribution is -2.17. The molecule has 0 fully saturated rings. The highest BCUT2D eigenvalue weighted by atomic mass is 16.5. The molecule has 1 unspecified atom stereocenters. The summed E-state index contributed by atoms with van der Waals surface area (Å²) in [7, 11) is 1.69. The number of hydrogen-bond acceptors (Lipinski definition) is 2. The van der Waals surface area contributed by atoms with Crippen LogP contribution in [0, 0.1) is 0 Å². The van der Waals surface area contributed by atoms with Crippen molar-refractivity contribution >= 4 is 0 Å². The largest absolute Gasteiger partial charge is 0.364 e. The van der Waals surface area contributed by atoms with Crippen LogP contribution in [0.4, 0.5) is 0 Å². The van der Waals surface area contributed by atoms with E-state index < -0.39 is 0 Å². The molecule has 1 aromatic rings. The van der Waals surface area contributed by atoms with E-state index in [4.69, 9.17) is 10.5 Å². The number of nitrogens with zero attached hydrogens (tertiary/aromatic N) is 1. The molecule has 1 atom stereocenters. The molecule has 0 spiro atoms. The third kappa shape index (κ3) is 2.68. The first-order valence-electron chi connectivity index (χ1n) is 4.11. The third-order valence-electron chi connectivity index (χ3n) is 1.65. The van der Waals surface area contributed by atoms with E-state index in [0.29, 0.717) is 6.73 Å². The first kappa shape index (κ1) is 9.29. The molecular weight excluding hydrogens is 152 g/mol. The van der Waals surface area contributed by atoms with Gasteiger partial charge in [-0.1, -0.05) is 0 Å². The van der Waals surface area contributed by atoms with Crippen molar-refractivity contribution in [2.24, 2.45) is 5.73 Å². The van der Waals surface area contributed by atoms with Gasteiger partial charge in [-0.15, -0.1) is 0 Å². The molecule has 2 N–H and O–H groups in total. The van der Waals surface area contributed by atoms with Crippen molar-refractivity contribution in [2.75, 3.05) is 7.11 Å².